The van der Waals surface area contributed by atoms with E-state index >= 15 is 0 Å². The van der Waals surface area contributed by atoms with Gasteiger partial charge < -0.3 is 9.80 Å². The summed E-state index contributed by atoms with van der Waals surface area (Å²) >= 11 is 0. The molecule has 1 aromatic carbocycles. The number of carbonyl (C=O) groups excluding carboxylic acids is 2. The lowest BCUT2D eigenvalue weighted by Gasteiger charge is -2.22. The second kappa shape index (κ2) is 7.02. The number of rotatable bonds is 3. The first-order valence-electron chi connectivity index (χ1n) is 7.53. The van der Waals surface area contributed by atoms with Gasteiger partial charge in [0.25, 0.3) is 0 Å². The Labute approximate surface area is 132 Å². The molecule has 1 saturated heterocycles. The van der Waals surface area contributed by atoms with E-state index < -0.39 is 11.7 Å². The normalized spacial score (nSPS) is 16.4. The topological polar surface area (TPSA) is 40.6 Å². The Morgan fingerprint density at radius 3 is 2.61 bits per heavy atom. The molecule has 0 spiro atoms. The fourth-order valence-electron chi connectivity index (χ4n) is 2.57. The van der Waals surface area contributed by atoms with Gasteiger partial charge in [-0.15, -0.1) is 0 Å². The van der Waals surface area contributed by atoms with Crippen molar-refractivity contribution in [2.45, 2.75) is 32.5 Å². The number of alkyl halides is 3. The van der Waals surface area contributed by atoms with Crippen LogP contribution in [-0.4, -0.2) is 41.2 Å². The average molecular weight is 328 g/mol. The Morgan fingerprint density at radius 2 is 1.96 bits per heavy atom. The maximum Gasteiger partial charge on any atom is 0.416 e. The molecule has 126 valence electrons. The molecule has 1 aromatic rings. The molecule has 7 heteroatoms. The molecule has 0 atom stereocenters. The van der Waals surface area contributed by atoms with Crippen molar-refractivity contribution in [3.05, 3.63) is 35.4 Å². The minimum absolute atomic E-state index is 0.0151. The van der Waals surface area contributed by atoms with Crippen molar-refractivity contribution in [1.82, 2.24) is 9.80 Å². The lowest BCUT2D eigenvalue weighted by molar-refractivity contribution is -0.137. The Morgan fingerprint density at radius 1 is 1.22 bits per heavy atom. The number of amides is 2. The summed E-state index contributed by atoms with van der Waals surface area (Å²) in [4.78, 5) is 27.0. The molecule has 0 aromatic heterocycles. The van der Waals surface area contributed by atoms with Gasteiger partial charge in [-0.2, -0.15) is 13.2 Å². The van der Waals surface area contributed by atoms with Crippen LogP contribution >= 0.6 is 0 Å². The average Bonchev–Trinajstić information content (AvgIpc) is 2.69. The summed E-state index contributed by atoms with van der Waals surface area (Å²) < 4.78 is 38.2. The second-order valence-corrected chi connectivity index (χ2v) is 5.50. The largest absolute Gasteiger partial charge is 0.416 e. The highest BCUT2D eigenvalue weighted by molar-refractivity contribution is 5.80. The van der Waals surface area contributed by atoms with E-state index in [-0.39, 0.29) is 24.8 Å². The Kier molecular flexibility index (Phi) is 5.28. The zero-order valence-electron chi connectivity index (χ0n) is 12.9. The van der Waals surface area contributed by atoms with Gasteiger partial charge in [-0.25, -0.2) is 0 Å². The summed E-state index contributed by atoms with van der Waals surface area (Å²) in [7, 11) is 0. The monoisotopic (exact) mass is 328 g/mol. The van der Waals surface area contributed by atoms with E-state index in [2.05, 4.69) is 0 Å². The zero-order chi connectivity index (χ0) is 17.0. The van der Waals surface area contributed by atoms with Crippen LogP contribution in [0.2, 0.25) is 0 Å². The number of carbonyl (C=O) groups is 2. The molecule has 2 amide bonds. The van der Waals surface area contributed by atoms with Crippen LogP contribution in [0.3, 0.4) is 0 Å². The van der Waals surface area contributed by atoms with E-state index in [1.165, 1.54) is 11.0 Å². The van der Waals surface area contributed by atoms with Crippen molar-refractivity contribution in [3.8, 4) is 0 Å². The maximum atomic E-state index is 12.7. The maximum absolute atomic E-state index is 12.7. The lowest BCUT2D eigenvalue weighted by atomic mass is 10.1. The number of hydrogen-bond acceptors (Lipinski definition) is 2. The predicted octanol–water partition coefficient (Wildman–Crippen LogP) is 2.68. The molecule has 4 nitrogen and oxygen atoms in total. The molecule has 0 bridgehead atoms. The van der Waals surface area contributed by atoms with Crippen molar-refractivity contribution in [2.75, 3.05) is 19.6 Å². The van der Waals surface area contributed by atoms with Gasteiger partial charge in [-0.3, -0.25) is 9.59 Å². The molecule has 0 radical (unpaired) electrons. The minimum Gasteiger partial charge on any atom is -0.340 e. The Hall–Kier alpha value is -2.05. The van der Waals surface area contributed by atoms with Gasteiger partial charge in [0.05, 0.1) is 5.56 Å². The first kappa shape index (κ1) is 17.3. The molecule has 0 unspecified atom stereocenters. The summed E-state index contributed by atoms with van der Waals surface area (Å²) in [6.45, 7) is 3.00. The highest BCUT2D eigenvalue weighted by Crippen LogP contribution is 2.29. The van der Waals surface area contributed by atoms with E-state index in [9.17, 15) is 22.8 Å². The van der Waals surface area contributed by atoms with E-state index in [1.54, 1.807) is 17.9 Å². The van der Waals surface area contributed by atoms with Crippen molar-refractivity contribution in [2.24, 2.45) is 0 Å². The number of halogens is 3. The van der Waals surface area contributed by atoms with Crippen molar-refractivity contribution >= 4 is 11.8 Å². The molecule has 0 aliphatic carbocycles. The van der Waals surface area contributed by atoms with Gasteiger partial charge in [0, 0.05) is 39.0 Å². The first-order chi connectivity index (χ1) is 10.8. The highest BCUT2D eigenvalue weighted by Gasteiger charge is 2.30. The molecular formula is C16H19F3N2O2. The van der Waals surface area contributed by atoms with Gasteiger partial charge >= 0.3 is 6.18 Å². The number of hydrogen-bond donors (Lipinski definition) is 0. The standard InChI is InChI=1S/C16H19F3N2O2/c1-2-14(22)20-7-6-15(23)21(9-8-20)11-12-4-3-5-13(10-12)16(17,18)19/h3-5,10H,2,6-9,11H2,1H3. The molecule has 1 aliphatic rings. The molecule has 1 heterocycles. The van der Waals surface area contributed by atoms with Crippen LogP contribution in [-0.2, 0) is 22.3 Å². The van der Waals surface area contributed by atoms with Crippen molar-refractivity contribution in [1.29, 1.82) is 0 Å². The predicted molar refractivity (Wildman–Crippen MR) is 78.3 cm³/mol. The van der Waals surface area contributed by atoms with Crippen LogP contribution in [0.5, 0.6) is 0 Å². The Balaban J connectivity index is 2.08. The highest BCUT2D eigenvalue weighted by atomic mass is 19.4. The van der Waals surface area contributed by atoms with Gasteiger partial charge in [0.2, 0.25) is 11.8 Å². The van der Waals surface area contributed by atoms with Gasteiger partial charge in [0.15, 0.2) is 0 Å². The second-order valence-electron chi connectivity index (χ2n) is 5.50. The van der Waals surface area contributed by atoms with Crippen molar-refractivity contribution in [3.63, 3.8) is 0 Å². The van der Waals surface area contributed by atoms with Gasteiger partial charge in [-0.05, 0) is 17.7 Å². The fraction of sp³-hybridized carbons (Fsp3) is 0.500. The third-order valence-electron chi connectivity index (χ3n) is 3.87. The molecule has 23 heavy (non-hydrogen) atoms. The summed E-state index contributed by atoms with van der Waals surface area (Å²) in [6, 6.07) is 4.98. The Bertz CT molecular complexity index is 587. The fourth-order valence-corrected chi connectivity index (χ4v) is 2.57. The minimum atomic E-state index is -4.40. The molecular weight excluding hydrogens is 309 g/mol. The van der Waals surface area contributed by atoms with Crippen LogP contribution < -0.4 is 0 Å². The van der Waals surface area contributed by atoms with Gasteiger partial charge in [0.1, 0.15) is 0 Å². The summed E-state index contributed by atoms with van der Waals surface area (Å²) in [6.07, 6.45) is -3.82. The third kappa shape index (κ3) is 4.46. The zero-order valence-corrected chi connectivity index (χ0v) is 12.9. The van der Waals surface area contributed by atoms with Crippen LogP contribution in [0, 0.1) is 0 Å². The summed E-state index contributed by atoms with van der Waals surface area (Å²) in [5.41, 5.74) is -0.288. The smallest absolute Gasteiger partial charge is 0.340 e. The van der Waals surface area contributed by atoms with Crippen LogP contribution in [0.15, 0.2) is 24.3 Å². The van der Waals surface area contributed by atoms with E-state index in [0.717, 1.165) is 12.1 Å². The van der Waals surface area contributed by atoms with Gasteiger partial charge in [-0.1, -0.05) is 19.1 Å². The number of benzene rings is 1. The van der Waals surface area contributed by atoms with E-state index in [1.807, 2.05) is 0 Å². The lowest BCUT2D eigenvalue weighted by Crippen LogP contribution is -2.35. The van der Waals surface area contributed by atoms with E-state index in [0.29, 0.717) is 31.6 Å². The van der Waals surface area contributed by atoms with Crippen molar-refractivity contribution < 1.29 is 22.8 Å². The molecule has 1 fully saturated rings. The third-order valence-corrected chi connectivity index (χ3v) is 3.87. The number of nitrogens with zero attached hydrogens (tertiary/aromatic N) is 2. The quantitative estimate of drug-likeness (QED) is 0.856. The van der Waals surface area contributed by atoms with Crippen LogP contribution in [0.25, 0.3) is 0 Å². The first-order valence-corrected chi connectivity index (χ1v) is 7.53. The van der Waals surface area contributed by atoms with Crippen LogP contribution in [0.1, 0.15) is 30.9 Å². The molecule has 2 rings (SSSR count). The van der Waals surface area contributed by atoms with Crippen LogP contribution in [0.4, 0.5) is 13.2 Å². The molecule has 1 aliphatic heterocycles. The van der Waals surface area contributed by atoms with E-state index in [4.69, 9.17) is 0 Å². The molecule has 0 saturated carbocycles. The SMILES string of the molecule is CCC(=O)N1CCC(=O)N(Cc2cccc(C(F)(F)F)c2)CC1. The molecule has 0 N–H and O–H groups in total. The summed E-state index contributed by atoms with van der Waals surface area (Å²) in [5, 5.41) is 0. The summed E-state index contributed by atoms with van der Waals surface area (Å²) in [5.74, 6) is -0.160.